The van der Waals surface area contributed by atoms with Gasteiger partial charge in [-0.25, -0.2) is 4.98 Å². The van der Waals surface area contributed by atoms with E-state index in [2.05, 4.69) is 152 Å². The third-order valence-corrected chi connectivity index (χ3v) is 9.86. The average molecular weight is 658 g/mol. The van der Waals surface area contributed by atoms with Crippen molar-refractivity contribution in [2.24, 2.45) is 0 Å². The Balaban J connectivity index is 1.32. The number of para-hydroxylation sites is 1. The molecule has 0 saturated heterocycles. The van der Waals surface area contributed by atoms with Crippen molar-refractivity contribution in [3.05, 3.63) is 181 Å². The van der Waals surface area contributed by atoms with Crippen LogP contribution in [0.15, 0.2) is 164 Å². The zero-order chi connectivity index (χ0) is 34.9. The Labute approximate surface area is 299 Å². The van der Waals surface area contributed by atoms with Crippen LogP contribution in [0.1, 0.15) is 30.7 Å². The maximum absolute atomic E-state index is 5.04. The van der Waals surface area contributed by atoms with Crippen LogP contribution in [0.4, 0.5) is 0 Å². The van der Waals surface area contributed by atoms with Crippen LogP contribution in [-0.2, 0) is 0 Å². The van der Waals surface area contributed by atoms with Crippen molar-refractivity contribution in [3.63, 3.8) is 0 Å². The molecular weight excluding hydrogens is 619 g/mol. The van der Waals surface area contributed by atoms with Gasteiger partial charge in [0.1, 0.15) is 0 Å². The first-order valence-corrected chi connectivity index (χ1v) is 17.5. The molecule has 3 heterocycles. The molecule has 0 aliphatic rings. The minimum atomic E-state index is 0.853. The number of allylic oxidation sites excluding steroid dienone is 6. The summed E-state index contributed by atoms with van der Waals surface area (Å²) in [4.78, 5) is 9.67. The summed E-state index contributed by atoms with van der Waals surface area (Å²) in [6, 6.07) is 45.7. The zero-order valence-corrected chi connectivity index (χ0v) is 29.4. The lowest BCUT2D eigenvalue weighted by atomic mass is 9.89. The topological polar surface area (TPSA) is 30.7 Å². The number of hydrogen-bond donors (Lipinski definition) is 0. The van der Waals surface area contributed by atoms with E-state index in [-0.39, 0.29) is 0 Å². The first-order valence-electron chi connectivity index (χ1n) is 17.5. The molecule has 0 bridgehead atoms. The minimum Gasteiger partial charge on any atom is -0.309 e. The number of aromatic nitrogens is 3. The summed E-state index contributed by atoms with van der Waals surface area (Å²) in [5.41, 5.74) is 14.7. The van der Waals surface area contributed by atoms with Crippen LogP contribution in [0.25, 0.3) is 77.5 Å². The highest BCUT2D eigenvalue weighted by molar-refractivity contribution is 6.25. The second-order valence-corrected chi connectivity index (χ2v) is 13.1. The van der Waals surface area contributed by atoms with E-state index in [1.165, 1.54) is 54.8 Å². The summed E-state index contributed by atoms with van der Waals surface area (Å²) >= 11 is 0. The largest absolute Gasteiger partial charge is 0.309 e. The number of benzene rings is 5. The fraction of sp³-hybridized carbons (Fsp3) is 0.0833. The molecule has 3 heteroatoms. The molecule has 51 heavy (non-hydrogen) atoms. The van der Waals surface area contributed by atoms with Crippen LogP contribution in [0.5, 0.6) is 0 Å². The van der Waals surface area contributed by atoms with Gasteiger partial charge in [-0.2, -0.15) is 0 Å². The van der Waals surface area contributed by atoms with Crippen LogP contribution in [0.3, 0.4) is 0 Å². The van der Waals surface area contributed by atoms with Gasteiger partial charge in [-0.3, -0.25) is 4.98 Å². The first kappa shape index (κ1) is 31.9. The van der Waals surface area contributed by atoms with Crippen molar-refractivity contribution in [3.8, 4) is 39.3 Å². The Hall–Kier alpha value is -6.32. The molecule has 3 aromatic heterocycles. The van der Waals surface area contributed by atoms with Crippen LogP contribution >= 0.6 is 0 Å². The molecule has 0 spiro atoms. The second-order valence-electron chi connectivity index (χ2n) is 13.1. The molecule has 0 amide bonds. The number of hydrogen-bond acceptors (Lipinski definition) is 2. The highest BCUT2D eigenvalue weighted by Crippen LogP contribution is 2.45. The zero-order valence-electron chi connectivity index (χ0n) is 29.4. The van der Waals surface area contributed by atoms with Gasteiger partial charge in [0.25, 0.3) is 0 Å². The molecule has 8 aromatic rings. The van der Waals surface area contributed by atoms with E-state index in [9.17, 15) is 0 Å². The molecule has 0 saturated carbocycles. The van der Waals surface area contributed by atoms with Crippen molar-refractivity contribution >= 4 is 38.2 Å². The lowest BCUT2D eigenvalue weighted by Crippen LogP contribution is -1.98. The summed E-state index contributed by atoms with van der Waals surface area (Å²) in [5, 5.41) is 5.12. The van der Waals surface area contributed by atoms with Gasteiger partial charge in [-0.15, -0.1) is 0 Å². The molecule has 0 aliphatic carbocycles. The molecule has 0 atom stereocenters. The Bertz CT molecular complexity index is 2650. The summed E-state index contributed by atoms with van der Waals surface area (Å²) in [7, 11) is 0. The molecule has 3 nitrogen and oxygen atoms in total. The van der Waals surface area contributed by atoms with Crippen molar-refractivity contribution in [2.75, 3.05) is 0 Å². The Kier molecular flexibility index (Phi) is 8.47. The molecule has 0 aliphatic heterocycles. The lowest BCUT2D eigenvalue weighted by molar-refractivity contribution is 1.17. The lowest BCUT2D eigenvalue weighted by Gasteiger charge is -2.18. The first-order chi connectivity index (χ1) is 25.0. The standard InChI is InChI=1S/C48H39N3/c1-5-6-7-8-18-33(3)43-30-36(31-44(50-43)42-23-15-16-29-49-42)35-25-27-37(28-26-35)51-45-24-14-13-22-41(45)47-40-21-12-11-20-39(40)46(34(4)48(47)51)38-19-10-9-17-32(38)2/h5-31H,1-4H3/b6-5-,8-7-,33-18+. The fourth-order valence-electron chi connectivity index (χ4n) is 7.38. The molecular formula is C48H39N3. The van der Waals surface area contributed by atoms with E-state index >= 15 is 0 Å². The van der Waals surface area contributed by atoms with Crippen LogP contribution in [0.2, 0.25) is 0 Å². The maximum atomic E-state index is 5.04. The highest BCUT2D eigenvalue weighted by atomic mass is 15.0. The average Bonchev–Trinajstić information content (AvgIpc) is 3.53. The summed E-state index contributed by atoms with van der Waals surface area (Å²) in [6.07, 6.45) is 12.1. The van der Waals surface area contributed by atoms with Gasteiger partial charge in [-0.05, 0) is 120 Å². The highest BCUT2D eigenvalue weighted by Gasteiger charge is 2.21. The third kappa shape index (κ3) is 5.77. The Morgan fingerprint density at radius 3 is 2.14 bits per heavy atom. The monoisotopic (exact) mass is 657 g/mol. The number of fused-ring (bicyclic) bond motifs is 5. The van der Waals surface area contributed by atoms with Gasteiger partial charge >= 0.3 is 0 Å². The van der Waals surface area contributed by atoms with Gasteiger partial charge in [0, 0.05) is 22.7 Å². The minimum absolute atomic E-state index is 0.853. The van der Waals surface area contributed by atoms with Gasteiger partial charge in [-0.1, -0.05) is 115 Å². The fourth-order valence-corrected chi connectivity index (χ4v) is 7.38. The molecule has 0 radical (unpaired) electrons. The van der Waals surface area contributed by atoms with Crippen LogP contribution < -0.4 is 0 Å². The quantitative estimate of drug-likeness (QED) is 0.160. The van der Waals surface area contributed by atoms with E-state index in [1.54, 1.807) is 0 Å². The number of rotatable bonds is 7. The number of aryl methyl sites for hydroxylation is 2. The predicted octanol–water partition coefficient (Wildman–Crippen LogP) is 12.9. The molecule has 5 aromatic carbocycles. The van der Waals surface area contributed by atoms with Crippen molar-refractivity contribution in [2.45, 2.75) is 27.7 Å². The van der Waals surface area contributed by atoms with Crippen molar-refractivity contribution < 1.29 is 0 Å². The summed E-state index contributed by atoms with van der Waals surface area (Å²) in [5.74, 6) is 0. The van der Waals surface area contributed by atoms with E-state index in [0.717, 1.165) is 39.5 Å². The van der Waals surface area contributed by atoms with Gasteiger partial charge < -0.3 is 4.57 Å². The summed E-state index contributed by atoms with van der Waals surface area (Å²) in [6.45, 7) is 8.63. The normalized spacial score (nSPS) is 12.3. The van der Waals surface area contributed by atoms with E-state index in [4.69, 9.17) is 4.98 Å². The van der Waals surface area contributed by atoms with Gasteiger partial charge in [0.15, 0.2) is 0 Å². The van der Waals surface area contributed by atoms with Crippen molar-refractivity contribution in [1.82, 2.24) is 14.5 Å². The third-order valence-electron chi connectivity index (χ3n) is 9.86. The predicted molar refractivity (Wildman–Crippen MR) is 217 cm³/mol. The molecule has 246 valence electrons. The maximum Gasteiger partial charge on any atom is 0.0899 e. The van der Waals surface area contributed by atoms with Crippen LogP contribution in [-0.4, -0.2) is 14.5 Å². The Morgan fingerprint density at radius 1 is 0.647 bits per heavy atom. The molecule has 0 unspecified atom stereocenters. The number of nitrogens with zero attached hydrogens (tertiary/aromatic N) is 3. The molecule has 8 rings (SSSR count). The smallest absolute Gasteiger partial charge is 0.0899 e. The SMILES string of the molecule is C\C=C/C=C\C=C(/C)c1cc(-c2ccc(-n3c4ccccc4c4c5ccccc5c(-c5ccccc5C)c(C)c43)cc2)cc(-c2ccccn2)n1. The van der Waals surface area contributed by atoms with Crippen molar-refractivity contribution in [1.29, 1.82) is 0 Å². The molecule has 0 fully saturated rings. The Morgan fingerprint density at radius 2 is 1.37 bits per heavy atom. The van der Waals surface area contributed by atoms with E-state index in [1.807, 2.05) is 49.5 Å². The number of pyridine rings is 2. The summed E-state index contributed by atoms with van der Waals surface area (Å²) < 4.78 is 2.46. The van der Waals surface area contributed by atoms with Gasteiger partial charge in [0.05, 0.1) is 28.1 Å². The van der Waals surface area contributed by atoms with Crippen LogP contribution in [0, 0.1) is 13.8 Å². The second kappa shape index (κ2) is 13.5. The molecule has 0 N–H and O–H groups in total. The van der Waals surface area contributed by atoms with Gasteiger partial charge in [0.2, 0.25) is 0 Å². The van der Waals surface area contributed by atoms with E-state index < -0.39 is 0 Å². The van der Waals surface area contributed by atoms with E-state index in [0.29, 0.717) is 0 Å².